The highest BCUT2D eigenvalue weighted by Gasteiger charge is 2.20. The minimum absolute atomic E-state index is 0.0501. The number of fused-ring (bicyclic) bond motifs is 3. The Balaban J connectivity index is 0.000000172. The summed E-state index contributed by atoms with van der Waals surface area (Å²) in [6.07, 6.45) is 10.3. The lowest BCUT2D eigenvalue weighted by molar-refractivity contribution is 0.0695. The van der Waals surface area contributed by atoms with Crippen LogP contribution in [0.1, 0.15) is 44.9 Å². The molecular weight excluding hydrogens is 981 g/mol. The molecule has 0 aliphatic heterocycles. The number of nitrogens with zero attached hydrogens (tertiary/aromatic N) is 8. The zero-order valence-electron chi connectivity index (χ0n) is 39.9. The molecule has 0 bridgehead atoms. The van der Waals surface area contributed by atoms with Crippen LogP contribution in [0.2, 0.25) is 51.4 Å². The third kappa shape index (κ3) is 15.2. The molecule has 2 aromatic carbocycles. The van der Waals surface area contributed by atoms with Crippen molar-refractivity contribution in [3.8, 4) is 23.3 Å². The number of carboxylic acids is 1. The van der Waals surface area contributed by atoms with Gasteiger partial charge in [0.25, 0.3) is 5.91 Å². The molecule has 18 nitrogen and oxygen atoms in total. The maximum atomic E-state index is 12.2. The van der Waals surface area contributed by atoms with Crippen molar-refractivity contribution in [1.82, 2.24) is 49.3 Å². The molecule has 0 aliphatic rings. The van der Waals surface area contributed by atoms with Gasteiger partial charge < -0.3 is 43.5 Å². The number of aromatic carboxylic acids is 1. The van der Waals surface area contributed by atoms with Crippen molar-refractivity contribution in [1.29, 1.82) is 0 Å². The first-order chi connectivity index (χ1) is 32.9. The topological polar surface area (TPSA) is 223 Å². The molecule has 8 aromatic rings. The van der Waals surface area contributed by atoms with Crippen LogP contribution in [0.4, 0.5) is 0 Å². The summed E-state index contributed by atoms with van der Waals surface area (Å²) in [5.74, 6) is 0.613. The number of hydrogen-bond acceptors (Lipinski definition) is 13. The van der Waals surface area contributed by atoms with Crippen LogP contribution in [0, 0.1) is 0 Å². The molecule has 8 rings (SSSR count). The molecule has 21 heteroatoms. The number of aromatic amines is 1. The summed E-state index contributed by atoms with van der Waals surface area (Å²) in [6, 6.07) is 20.7. The van der Waals surface area contributed by atoms with E-state index in [4.69, 9.17) is 18.9 Å². The number of ether oxygens (including phenoxy) is 4. The highest BCUT2D eigenvalue weighted by Crippen LogP contribution is 2.26. The van der Waals surface area contributed by atoms with Crippen LogP contribution < -0.4 is 14.8 Å². The first kappa shape index (κ1) is 51.7. The lowest BCUT2D eigenvalue weighted by Crippen LogP contribution is -2.29. The average molecular weight is 1040 g/mol. The number of rotatable bonds is 18. The van der Waals surface area contributed by atoms with Gasteiger partial charge in [-0.3, -0.25) is 9.59 Å². The molecule has 362 valence electrons. The number of aromatic nitrogens is 9. The van der Waals surface area contributed by atoms with E-state index in [1.807, 2.05) is 66.9 Å². The normalized spacial score (nSPS) is 11.5. The second kappa shape index (κ2) is 23.6. The van der Waals surface area contributed by atoms with Crippen LogP contribution in [0.15, 0.2) is 102 Å². The molecule has 0 radical (unpaired) electrons. The Morgan fingerprint density at radius 3 is 1.78 bits per heavy atom. The number of aldehydes is 1. The SMILES string of the molecule is CC(C)NC(=O)c1c[nH]c2ncc(Oc3ccccc3)nc12.C[Si](C)(C)CCOCn1cc(C(=O)O)c2nc(Oc3ccccc3)cnc21.C[Si](C)(C)CCOCn1cc(C=O)c2nc(Br)cnc21. The van der Waals surface area contributed by atoms with E-state index in [2.05, 4.69) is 95.4 Å². The first-order valence-corrected chi connectivity index (χ1v) is 30.4. The van der Waals surface area contributed by atoms with Gasteiger partial charge in [0.15, 0.2) is 23.2 Å². The quantitative estimate of drug-likeness (QED) is 0.0413. The standard InChI is InChI=1S/C19H23N3O4Si.C16H16N4O2.C13H18BrN3O2Si/c1-27(2,3)10-9-25-13-22-12-15(19(23)24)17-18(22)20-11-16(21-17)26-14-7-5-4-6-8-14;1-10(2)19-16(21)12-8-17-15-14(12)20-13(9-18-15)22-11-6-4-3-5-7-11;1-20(2,3)5-4-19-9-17-7-10(8-18)12-13(17)15-6-11(14)16-12/h4-8,11-12H,9-10,13H2,1-3H3,(H,23,24);3-10H,1-2H3,(H,17,18)(H,19,21);6-8H,4-5,9H2,1-3H3. The fourth-order valence-electron chi connectivity index (χ4n) is 6.32. The maximum Gasteiger partial charge on any atom is 0.339 e. The molecule has 0 aliphatic carbocycles. The number of carbonyl (C=O) groups is 3. The molecule has 3 N–H and O–H groups in total. The number of nitrogens with one attached hydrogen (secondary N) is 2. The van der Waals surface area contributed by atoms with Crippen molar-refractivity contribution in [2.45, 2.75) is 84.7 Å². The van der Waals surface area contributed by atoms with Crippen molar-refractivity contribution in [2.75, 3.05) is 13.2 Å². The lowest BCUT2D eigenvalue weighted by Gasteiger charge is -2.15. The first-order valence-electron chi connectivity index (χ1n) is 22.2. The number of halogens is 1. The van der Waals surface area contributed by atoms with Crippen LogP contribution in [-0.4, -0.2) is 103 Å². The Bertz CT molecular complexity index is 2990. The fraction of sp³-hybridized carbons (Fsp3) is 0.312. The van der Waals surface area contributed by atoms with Gasteiger partial charge in [-0.2, -0.15) is 0 Å². The zero-order chi connectivity index (χ0) is 49.7. The number of carbonyl (C=O) groups excluding carboxylic acids is 2. The van der Waals surface area contributed by atoms with Crippen molar-refractivity contribution in [2.24, 2.45) is 0 Å². The van der Waals surface area contributed by atoms with E-state index < -0.39 is 22.1 Å². The molecule has 0 atom stereocenters. The smallest absolute Gasteiger partial charge is 0.339 e. The van der Waals surface area contributed by atoms with Gasteiger partial charge in [-0.1, -0.05) is 75.7 Å². The number of para-hydroxylation sites is 2. The molecule has 69 heavy (non-hydrogen) atoms. The molecule has 0 saturated heterocycles. The second-order valence-electron chi connectivity index (χ2n) is 18.5. The van der Waals surface area contributed by atoms with Gasteiger partial charge in [-0.05, 0) is 66.1 Å². The van der Waals surface area contributed by atoms with Crippen LogP contribution in [0.3, 0.4) is 0 Å². The number of H-pyrrole nitrogens is 1. The van der Waals surface area contributed by atoms with Gasteiger partial charge in [0, 0.05) is 54.0 Å². The molecule has 0 saturated carbocycles. The minimum Gasteiger partial charge on any atom is -0.478 e. The molecule has 6 heterocycles. The van der Waals surface area contributed by atoms with Gasteiger partial charge in [0.2, 0.25) is 11.8 Å². The van der Waals surface area contributed by atoms with E-state index in [1.54, 1.807) is 35.3 Å². The number of hydrogen-bond donors (Lipinski definition) is 3. The molecule has 1 amide bonds. The van der Waals surface area contributed by atoms with Crippen LogP contribution in [-0.2, 0) is 22.9 Å². The third-order valence-corrected chi connectivity index (χ3v) is 13.7. The average Bonchev–Trinajstić information content (AvgIpc) is 4.00. The summed E-state index contributed by atoms with van der Waals surface area (Å²) in [5, 5.41) is 12.3. The Morgan fingerprint density at radius 1 is 0.725 bits per heavy atom. The summed E-state index contributed by atoms with van der Waals surface area (Å²) >= 11 is 3.27. The van der Waals surface area contributed by atoms with Gasteiger partial charge in [0.05, 0.1) is 29.7 Å². The summed E-state index contributed by atoms with van der Waals surface area (Å²) < 4.78 is 26.8. The van der Waals surface area contributed by atoms with Crippen LogP contribution in [0.5, 0.6) is 23.3 Å². The van der Waals surface area contributed by atoms with Crippen molar-refractivity contribution >= 4 is 83.7 Å². The summed E-state index contributed by atoms with van der Waals surface area (Å²) in [5.41, 5.74) is 4.11. The monoisotopic (exact) mass is 1040 g/mol. The van der Waals surface area contributed by atoms with Crippen LogP contribution >= 0.6 is 15.9 Å². The summed E-state index contributed by atoms with van der Waals surface area (Å²) in [6.45, 7) is 19.6. The third-order valence-electron chi connectivity index (χ3n) is 9.87. The van der Waals surface area contributed by atoms with Gasteiger partial charge >= 0.3 is 5.97 Å². The number of amides is 1. The zero-order valence-corrected chi connectivity index (χ0v) is 43.5. The molecule has 0 unspecified atom stereocenters. The largest absolute Gasteiger partial charge is 0.478 e. The Morgan fingerprint density at radius 2 is 1.25 bits per heavy atom. The minimum atomic E-state index is -1.18. The van der Waals surface area contributed by atoms with Gasteiger partial charge in [0.1, 0.15) is 51.7 Å². The van der Waals surface area contributed by atoms with Gasteiger partial charge in [-0.15, -0.1) is 0 Å². The van der Waals surface area contributed by atoms with Gasteiger partial charge in [-0.25, -0.2) is 34.7 Å². The van der Waals surface area contributed by atoms with E-state index in [-0.39, 0.29) is 35.6 Å². The predicted octanol–water partition coefficient (Wildman–Crippen LogP) is 10.4. The van der Waals surface area contributed by atoms with E-state index in [0.717, 1.165) is 25.0 Å². The highest BCUT2D eigenvalue weighted by molar-refractivity contribution is 9.10. The fourth-order valence-corrected chi connectivity index (χ4v) is 8.11. The Labute approximate surface area is 410 Å². The number of benzene rings is 2. The summed E-state index contributed by atoms with van der Waals surface area (Å²) in [7, 11) is -2.26. The van der Waals surface area contributed by atoms with Crippen molar-refractivity contribution in [3.05, 3.63) is 119 Å². The van der Waals surface area contributed by atoms with E-state index in [1.165, 1.54) is 18.6 Å². The van der Waals surface area contributed by atoms with Crippen molar-refractivity contribution < 1.29 is 38.4 Å². The predicted molar refractivity (Wildman–Crippen MR) is 273 cm³/mol. The molecule has 0 fully saturated rings. The van der Waals surface area contributed by atoms with E-state index in [9.17, 15) is 19.5 Å². The van der Waals surface area contributed by atoms with Crippen LogP contribution in [0.25, 0.3) is 33.5 Å². The van der Waals surface area contributed by atoms with E-state index >= 15 is 0 Å². The Hall–Kier alpha value is -6.66. The Kier molecular flexibility index (Phi) is 17.7. The lowest BCUT2D eigenvalue weighted by atomic mass is 10.2. The molecular formula is C48H57BrN10O8Si2. The second-order valence-corrected chi connectivity index (χ2v) is 30.6. The maximum absolute atomic E-state index is 12.2. The molecule has 0 spiro atoms. The number of carboxylic acid groups (broad SMARTS) is 1. The highest BCUT2D eigenvalue weighted by atomic mass is 79.9. The van der Waals surface area contributed by atoms with Crippen molar-refractivity contribution in [3.63, 3.8) is 0 Å². The van der Waals surface area contributed by atoms with E-state index in [0.29, 0.717) is 74.4 Å². The summed E-state index contributed by atoms with van der Waals surface area (Å²) in [4.78, 5) is 63.7. The molecule has 6 aromatic heterocycles.